The van der Waals surface area contributed by atoms with Gasteiger partial charge in [-0.25, -0.2) is 0 Å². The number of nitrogens with zero attached hydrogens (tertiary/aromatic N) is 1. The Morgan fingerprint density at radius 2 is 1.86 bits per heavy atom. The largest absolute Gasteiger partial charge is 0.382 e. The second-order valence-corrected chi connectivity index (χ2v) is 6.14. The van der Waals surface area contributed by atoms with Gasteiger partial charge in [-0.05, 0) is 51.1 Å². The Morgan fingerprint density at radius 3 is 2.55 bits per heavy atom. The summed E-state index contributed by atoms with van der Waals surface area (Å²) in [5, 5.41) is 7.24. The highest BCUT2D eigenvalue weighted by molar-refractivity contribution is 5.57. The van der Waals surface area contributed by atoms with E-state index in [1.54, 1.807) is 0 Å². The maximum absolute atomic E-state index is 5.41. The van der Waals surface area contributed by atoms with Crippen molar-refractivity contribution in [2.45, 2.75) is 45.7 Å². The van der Waals surface area contributed by atoms with Crippen molar-refractivity contribution < 1.29 is 4.74 Å². The van der Waals surface area contributed by atoms with Gasteiger partial charge in [0.25, 0.3) is 0 Å². The van der Waals surface area contributed by atoms with Crippen LogP contribution in [0.2, 0.25) is 0 Å². The molecule has 1 heterocycles. The highest BCUT2D eigenvalue weighted by Crippen LogP contribution is 2.19. The monoisotopic (exact) mass is 305 g/mol. The second-order valence-electron chi connectivity index (χ2n) is 6.14. The van der Waals surface area contributed by atoms with Gasteiger partial charge in [0, 0.05) is 43.2 Å². The first-order chi connectivity index (χ1) is 10.7. The van der Waals surface area contributed by atoms with Gasteiger partial charge < -0.3 is 20.3 Å². The number of anilines is 2. The molecule has 0 bridgehead atoms. The fraction of sp³-hybridized carbons (Fsp3) is 0.667. The molecule has 22 heavy (non-hydrogen) atoms. The maximum atomic E-state index is 5.41. The van der Waals surface area contributed by atoms with Gasteiger partial charge in [0.2, 0.25) is 0 Å². The number of likely N-dealkylation sites (N-methyl/N-ethyl adjacent to an activating group) is 1. The van der Waals surface area contributed by atoms with Gasteiger partial charge in [-0.3, -0.25) is 0 Å². The molecule has 1 aromatic carbocycles. The van der Waals surface area contributed by atoms with Crippen LogP contribution >= 0.6 is 0 Å². The van der Waals surface area contributed by atoms with E-state index in [4.69, 9.17) is 4.74 Å². The molecule has 1 atom stereocenters. The first-order valence-corrected chi connectivity index (χ1v) is 8.64. The maximum Gasteiger partial charge on any atom is 0.0485 e. The molecule has 0 aliphatic carbocycles. The Balaban J connectivity index is 1.87. The van der Waals surface area contributed by atoms with Gasteiger partial charge in [-0.1, -0.05) is 19.9 Å². The number of hydrogen-bond donors (Lipinski definition) is 2. The molecule has 0 amide bonds. The van der Waals surface area contributed by atoms with Crippen molar-refractivity contribution in [2.24, 2.45) is 0 Å². The molecular weight excluding hydrogens is 274 g/mol. The molecule has 1 saturated heterocycles. The molecule has 0 saturated carbocycles. The number of nitrogens with one attached hydrogen (secondary N) is 2. The summed E-state index contributed by atoms with van der Waals surface area (Å²) in [5.74, 6) is 0. The first kappa shape index (κ1) is 17.1. The highest BCUT2D eigenvalue weighted by Gasteiger charge is 2.13. The van der Waals surface area contributed by atoms with Crippen LogP contribution in [0.5, 0.6) is 0 Å². The zero-order valence-corrected chi connectivity index (χ0v) is 14.3. The molecule has 0 spiro atoms. The molecule has 4 heteroatoms. The minimum atomic E-state index is 0.443. The average Bonchev–Trinajstić information content (AvgIpc) is 2.54. The molecule has 2 N–H and O–H groups in total. The SMILES string of the molecule is CCN(CC)CC(C)Nc1cccc(NC2CCOCC2)c1. The number of hydrogen-bond acceptors (Lipinski definition) is 4. The summed E-state index contributed by atoms with van der Waals surface area (Å²) in [4.78, 5) is 2.45. The van der Waals surface area contributed by atoms with E-state index in [9.17, 15) is 0 Å². The normalized spacial score (nSPS) is 17.5. The van der Waals surface area contributed by atoms with Crippen LogP contribution in [-0.2, 0) is 4.74 Å². The van der Waals surface area contributed by atoms with E-state index >= 15 is 0 Å². The van der Waals surface area contributed by atoms with Crippen LogP contribution in [0.1, 0.15) is 33.6 Å². The molecule has 1 aliphatic rings. The fourth-order valence-corrected chi connectivity index (χ4v) is 2.98. The van der Waals surface area contributed by atoms with Crippen LogP contribution in [0.15, 0.2) is 24.3 Å². The van der Waals surface area contributed by atoms with Crippen LogP contribution in [-0.4, -0.2) is 49.8 Å². The predicted molar refractivity (Wildman–Crippen MR) is 94.8 cm³/mol. The smallest absolute Gasteiger partial charge is 0.0485 e. The third kappa shape index (κ3) is 5.50. The molecule has 4 nitrogen and oxygen atoms in total. The lowest BCUT2D eigenvalue weighted by Gasteiger charge is -2.26. The van der Waals surface area contributed by atoms with Gasteiger partial charge in [0.1, 0.15) is 0 Å². The Bertz CT molecular complexity index is 428. The summed E-state index contributed by atoms with van der Waals surface area (Å²) < 4.78 is 5.41. The van der Waals surface area contributed by atoms with Gasteiger partial charge in [-0.15, -0.1) is 0 Å². The van der Waals surface area contributed by atoms with Crippen molar-refractivity contribution in [3.05, 3.63) is 24.3 Å². The van der Waals surface area contributed by atoms with E-state index in [1.807, 2.05) is 0 Å². The van der Waals surface area contributed by atoms with Crippen molar-refractivity contribution in [3.63, 3.8) is 0 Å². The van der Waals surface area contributed by atoms with Gasteiger partial charge in [0.15, 0.2) is 0 Å². The van der Waals surface area contributed by atoms with Crippen LogP contribution in [0, 0.1) is 0 Å². The quantitative estimate of drug-likeness (QED) is 0.771. The third-order valence-electron chi connectivity index (χ3n) is 4.29. The van der Waals surface area contributed by atoms with E-state index in [2.05, 4.69) is 60.6 Å². The lowest BCUT2D eigenvalue weighted by Crippen LogP contribution is -2.34. The van der Waals surface area contributed by atoms with E-state index in [0.29, 0.717) is 12.1 Å². The Morgan fingerprint density at radius 1 is 1.18 bits per heavy atom. The van der Waals surface area contributed by atoms with Crippen molar-refractivity contribution in [1.29, 1.82) is 0 Å². The summed E-state index contributed by atoms with van der Waals surface area (Å²) in [5.41, 5.74) is 2.39. The van der Waals surface area contributed by atoms with E-state index in [0.717, 1.165) is 45.7 Å². The van der Waals surface area contributed by atoms with Crippen molar-refractivity contribution in [2.75, 3.05) is 43.5 Å². The molecule has 2 rings (SSSR count). The van der Waals surface area contributed by atoms with E-state index in [1.165, 1.54) is 11.4 Å². The molecule has 0 aromatic heterocycles. The topological polar surface area (TPSA) is 36.5 Å². The van der Waals surface area contributed by atoms with E-state index < -0.39 is 0 Å². The standard InChI is InChI=1S/C18H31N3O/c1-4-21(5-2)14-15(3)19-17-7-6-8-18(13-17)20-16-9-11-22-12-10-16/h6-8,13,15-16,19-20H,4-5,9-12,14H2,1-3H3. The van der Waals surface area contributed by atoms with Gasteiger partial charge in [-0.2, -0.15) is 0 Å². The van der Waals surface area contributed by atoms with Crippen molar-refractivity contribution in [3.8, 4) is 0 Å². The first-order valence-electron chi connectivity index (χ1n) is 8.64. The second kappa shape index (κ2) is 9.01. The predicted octanol–water partition coefficient (Wildman–Crippen LogP) is 3.42. The van der Waals surface area contributed by atoms with Gasteiger partial charge >= 0.3 is 0 Å². The number of ether oxygens (including phenoxy) is 1. The van der Waals surface area contributed by atoms with Crippen LogP contribution in [0.4, 0.5) is 11.4 Å². The number of rotatable bonds is 8. The fourth-order valence-electron chi connectivity index (χ4n) is 2.98. The zero-order valence-electron chi connectivity index (χ0n) is 14.3. The Labute approximate surface area is 135 Å². The number of benzene rings is 1. The Hall–Kier alpha value is -1.26. The molecule has 124 valence electrons. The molecule has 1 unspecified atom stereocenters. The third-order valence-corrected chi connectivity index (χ3v) is 4.29. The molecule has 0 radical (unpaired) electrons. The van der Waals surface area contributed by atoms with Crippen LogP contribution in [0.25, 0.3) is 0 Å². The minimum absolute atomic E-state index is 0.443. The molecule has 1 aliphatic heterocycles. The van der Waals surface area contributed by atoms with Gasteiger partial charge in [0.05, 0.1) is 0 Å². The molecule has 1 fully saturated rings. The Kier molecular flexibility index (Phi) is 7.00. The summed E-state index contributed by atoms with van der Waals surface area (Å²) in [6.07, 6.45) is 2.19. The summed E-state index contributed by atoms with van der Waals surface area (Å²) >= 11 is 0. The van der Waals surface area contributed by atoms with Crippen molar-refractivity contribution >= 4 is 11.4 Å². The summed E-state index contributed by atoms with van der Waals surface area (Å²) in [6, 6.07) is 9.61. The summed E-state index contributed by atoms with van der Waals surface area (Å²) in [7, 11) is 0. The molecule has 1 aromatic rings. The van der Waals surface area contributed by atoms with E-state index in [-0.39, 0.29) is 0 Å². The lowest BCUT2D eigenvalue weighted by molar-refractivity contribution is 0.0904. The highest BCUT2D eigenvalue weighted by atomic mass is 16.5. The van der Waals surface area contributed by atoms with Crippen molar-refractivity contribution in [1.82, 2.24) is 4.90 Å². The minimum Gasteiger partial charge on any atom is -0.382 e. The molecular formula is C18H31N3O. The average molecular weight is 305 g/mol. The van der Waals surface area contributed by atoms with Crippen LogP contribution < -0.4 is 10.6 Å². The zero-order chi connectivity index (χ0) is 15.8. The van der Waals surface area contributed by atoms with Crippen LogP contribution in [0.3, 0.4) is 0 Å². The summed E-state index contributed by atoms with van der Waals surface area (Å²) in [6.45, 7) is 11.7. The lowest BCUT2D eigenvalue weighted by atomic mass is 10.1.